The number of amides is 1. The highest BCUT2D eigenvalue weighted by Crippen LogP contribution is 2.56. The van der Waals surface area contributed by atoms with Crippen molar-refractivity contribution < 1.29 is 27.4 Å². The zero-order valence-corrected chi connectivity index (χ0v) is 18.2. The molecule has 5 rings (SSSR count). The Bertz CT molecular complexity index is 1240. The molecule has 3 aromatic rings. The van der Waals surface area contributed by atoms with Crippen LogP contribution in [0, 0.1) is 18.3 Å². The maximum atomic E-state index is 13.4. The van der Waals surface area contributed by atoms with Crippen LogP contribution in [0.15, 0.2) is 30.5 Å². The fourth-order valence-electron chi connectivity index (χ4n) is 4.57. The fourth-order valence-corrected chi connectivity index (χ4v) is 4.57. The molecule has 1 N–H and O–H groups in total. The van der Waals surface area contributed by atoms with Gasteiger partial charge in [0.25, 0.3) is 0 Å². The summed E-state index contributed by atoms with van der Waals surface area (Å²) < 4.78 is 52.6. The summed E-state index contributed by atoms with van der Waals surface area (Å²) in [5.41, 5.74) is 0.924. The molecule has 1 saturated heterocycles. The minimum absolute atomic E-state index is 0.0492. The van der Waals surface area contributed by atoms with Crippen molar-refractivity contribution in [1.29, 1.82) is 0 Å². The van der Waals surface area contributed by atoms with E-state index in [1.807, 2.05) is 12.3 Å². The number of hydrogen-bond donors (Lipinski definition) is 1. The largest absolute Gasteiger partial charge is 0.467 e. The lowest BCUT2D eigenvalue weighted by Gasteiger charge is -2.17. The van der Waals surface area contributed by atoms with Crippen molar-refractivity contribution in [2.75, 3.05) is 19.9 Å². The number of halogens is 3. The number of hydrogen-bond acceptors (Lipinski definition) is 5. The number of rotatable bonds is 7. The van der Waals surface area contributed by atoms with Crippen molar-refractivity contribution in [2.45, 2.75) is 33.0 Å². The van der Waals surface area contributed by atoms with E-state index in [1.54, 1.807) is 24.6 Å². The van der Waals surface area contributed by atoms with Gasteiger partial charge in [-0.3, -0.25) is 9.48 Å². The van der Waals surface area contributed by atoms with Gasteiger partial charge < -0.3 is 14.8 Å². The summed E-state index contributed by atoms with van der Waals surface area (Å²) in [7, 11) is 0. The first-order chi connectivity index (χ1) is 15.7. The number of aromatic nitrogens is 3. The highest BCUT2D eigenvalue weighted by Gasteiger charge is 2.62. The molecule has 1 saturated carbocycles. The van der Waals surface area contributed by atoms with Gasteiger partial charge in [0.2, 0.25) is 5.91 Å². The third kappa shape index (κ3) is 3.92. The van der Waals surface area contributed by atoms with Crippen LogP contribution in [0.25, 0.3) is 22.3 Å². The minimum atomic E-state index is -4.50. The molecular formula is C23H23F3N4O3. The number of piperidine rings is 1. The second-order valence-corrected chi connectivity index (χ2v) is 8.69. The van der Waals surface area contributed by atoms with Gasteiger partial charge in [-0.15, -0.1) is 0 Å². The molecule has 10 heteroatoms. The van der Waals surface area contributed by atoms with Crippen LogP contribution >= 0.6 is 0 Å². The number of ether oxygens (including phenoxy) is 2. The highest BCUT2D eigenvalue weighted by molar-refractivity contribution is 5.86. The average molecular weight is 460 g/mol. The number of benzene rings is 1. The summed E-state index contributed by atoms with van der Waals surface area (Å²) in [6.45, 7) is 4.84. The molecule has 33 heavy (non-hydrogen) atoms. The molecule has 1 aliphatic heterocycles. The predicted molar refractivity (Wildman–Crippen MR) is 113 cm³/mol. The Kier molecular flexibility index (Phi) is 5.08. The average Bonchev–Trinajstić information content (AvgIpc) is 3.18. The molecule has 7 nitrogen and oxygen atoms in total. The quantitative estimate of drug-likeness (QED) is 0.427. The number of pyridine rings is 1. The van der Waals surface area contributed by atoms with Crippen molar-refractivity contribution in [1.82, 2.24) is 20.1 Å². The smallest absolute Gasteiger partial charge is 0.416 e. The number of alkyl halides is 3. The summed E-state index contributed by atoms with van der Waals surface area (Å²) in [5.74, 6) is 0.204. The lowest BCUT2D eigenvalue weighted by molar-refractivity contribution is -0.137. The van der Waals surface area contributed by atoms with Gasteiger partial charge in [-0.05, 0) is 50.1 Å². The monoisotopic (exact) mass is 460 g/mol. The van der Waals surface area contributed by atoms with Gasteiger partial charge in [-0.1, -0.05) is 0 Å². The SMILES string of the molecule is CCOCOc1cc(C(F)(F)F)cc(C)c1-c1ccc2cn(CC34CNC(=O)[C@@H]3C4)nc2n1. The van der Waals surface area contributed by atoms with Crippen LogP contribution in [0.5, 0.6) is 5.75 Å². The summed E-state index contributed by atoms with van der Waals surface area (Å²) >= 11 is 0. The van der Waals surface area contributed by atoms with E-state index in [2.05, 4.69) is 15.4 Å². The first kappa shape index (κ1) is 21.7. The molecule has 2 atom stereocenters. The van der Waals surface area contributed by atoms with Crippen molar-refractivity contribution >= 4 is 16.9 Å². The third-order valence-electron chi connectivity index (χ3n) is 6.40. The number of fused-ring (bicyclic) bond motifs is 2. The minimum Gasteiger partial charge on any atom is -0.467 e. The van der Waals surface area contributed by atoms with Gasteiger partial charge in [0.05, 0.1) is 11.3 Å². The zero-order valence-electron chi connectivity index (χ0n) is 18.2. The van der Waals surface area contributed by atoms with E-state index in [0.29, 0.717) is 42.2 Å². The maximum absolute atomic E-state index is 13.4. The van der Waals surface area contributed by atoms with Crippen molar-refractivity contribution in [3.63, 3.8) is 0 Å². The first-order valence-electron chi connectivity index (χ1n) is 10.7. The van der Waals surface area contributed by atoms with Crippen LogP contribution in [0.3, 0.4) is 0 Å². The zero-order chi connectivity index (χ0) is 23.4. The number of nitrogens with zero attached hydrogens (tertiary/aromatic N) is 3. The van der Waals surface area contributed by atoms with Gasteiger partial charge >= 0.3 is 6.18 Å². The lowest BCUT2D eigenvalue weighted by Crippen LogP contribution is -2.23. The number of nitrogens with one attached hydrogen (secondary N) is 1. The molecule has 3 heterocycles. The predicted octanol–water partition coefficient (Wildman–Crippen LogP) is 3.93. The van der Waals surface area contributed by atoms with Crippen LogP contribution in [-0.2, 0) is 22.3 Å². The van der Waals surface area contributed by atoms with E-state index in [0.717, 1.165) is 23.9 Å². The lowest BCUT2D eigenvalue weighted by atomic mass is 10.00. The van der Waals surface area contributed by atoms with Crippen molar-refractivity contribution in [2.24, 2.45) is 11.3 Å². The summed E-state index contributed by atoms with van der Waals surface area (Å²) in [4.78, 5) is 16.4. The van der Waals surface area contributed by atoms with Crippen LogP contribution in [-0.4, -0.2) is 40.6 Å². The van der Waals surface area contributed by atoms with E-state index in [1.165, 1.54) is 0 Å². The maximum Gasteiger partial charge on any atom is 0.416 e. The highest BCUT2D eigenvalue weighted by atomic mass is 19.4. The second-order valence-electron chi connectivity index (χ2n) is 8.69. The van der Waals surface area contributed by atoms with Gasteiger partial charge in [0.15, 0.2) is 12.4 Å². The van der Waals surface area contributed by atoms with Gasteiger partial charge in [0, 0.05) is 48.2 Å². The molecule has 174 valence electrons. The molecule has 1 aromatic carbocycles. The van der Waals surface area contributed by atoms with Crippen molar-refractivity contribution in [3.05, 3.63) is 41.6 Å². The Balaban J connectivity index is 1.49. The Labute approximate surface area is 187 Å². The topological polar surface area (TPSA) is 78.3 Å². The number of carbonyl (C=O) groups is 1. The standard InChI is InChI=1S/C23H23F3N4O3/c1-3-32-12-33-18-7-15(23(24,25)26)6-13(2)19(18)17-5-4-14-9-30(29-20(14)28-17)11-22-8-16(22)21(31)27-10-22/h4-7,9,16H,3,8,10-12H2,1-2H3,(H,27,31)/t16-,22?/m0/s1. The molecule has 2 aromatic heterocycles. The Morgan fingerprint density at radius 2 is 2.12 bits per heavy atom. The third-order valence-corrected chi connectivity index (χ3v) is 6.40. The molecule has 1 aliphatic carbocycles. The normalized spacial score (nSPS) is 21.8. The summed E-state index contributed by atoms with van der Waals surface area (Å²) in [6.07, 6.45) is -1.76. The number of carbonyl (C=O) groups excluding carboxylic acids is 1. The van der Waals surface area contributed by atoms with Crippen LogP contribution in [0.1, 0.15) is 24.5 Å². The molecule has 1 unspecified atom stereocenters. The van der Waals surface area contributed by atoms with E-state index in [-0.39, 0.29) is 29.8 Å². The van der Waals surface area contributed by atoms with Gasteiger partial charge in [0.1, 0.15) is 5.75 Å². The van der Waals surface area contributed by atoms with Crippen molar-refractivity contribution in [3.8, 4) is 17.0 Å². The van der Waals surface area contributed by atoms with E-state index >= 15 is 0 Å². The van der Waals surface area contributed by atoms with Crippen LogP contribution in [0.4, 0.5) is 13.2 Å². The molecule has 0 spiro atoms. The molecular weight excluding hydrogens is 437 g/mol. The summed E-state index contributed by atoms with van der Waals surface area (Å²) in [6, 6.07) is 5.65. The van der Waals surface area contributed by atoms with E-state index in [4.69, 9.17) is 9.47 Å². The van der Waals surface area contributed by atoms with E-state index < -0.39 is 11.7 Å². The first-order valence-corrected chi connectivity index (χ1v) is 10.7. The molecule has 2 fully saturated rings. The van der Waals surface area contributed by atoms with E-state index in [9.17, 15) is 18.0 Å². The van der Waals surface area contributed by atoms with Crippen LogP contribution in [0.2, 0.25) is 0 Å². The van der Waals surface area contributed by atoms with Gasteiger partial charge in [-0.2, -0.15) is 18.3 Å². The Morgan fingerprint density at radius 1 is 1.30 bits per heavy atom. The van der Waals surface area contributed by atoms with Gasteiger partial charge in [-0.25, -0.2) is 4.98 Å². The summed E-state index contributed by atoms with van der Waals surface area (Å²) in [5, 5.41) is 8.28. The second kappa shape index (κ2) is 7.72. The molecule has 0 radical (unpaired) electrons. The number of aryl methyl sites for hydroxylation is 1. The molecule has 2 aliphatic rings. The Hall–Kier alpha value is -3.14. The fraction of sp³-hybridized carbons (Fsp3) is 0.435. The molecule has 1 amide bonds. The Morgan fingerprint density at radius 3 is 2.79 bits per heavy atom. The molecule has 0 bridgehead atoms. The van der Waals surface area contributed by atoms with Crippen LogP contribution < -0.4 is 10.1 Å².